The van der Waals surface area contributed by atoms with Gasteiger partial charge in [-0.1, -0.05) is 26.8 Å². The van der Waals surface area contributed by atoms with Gasteiger partial charge < -0.3 is 10.1 Å². The maximum atomic E-state index is 14.0. The van der Waals surface area contributed by atoms with Gasteiger partial charge in [-0.25, -0.2) is 13.8 Å². The van der Waals surface area contributed by atoms with E-state index in [1.807, 2.05) is 13.8 Å². The fourth-order valence-electron chi connectivity index (χ4n) is 1.78. The van der Waals surface area contributed by atoms with Crippen LogP contribution in [-0.2, 0) is 4.79 Å². The topological polar surface area (TPSA) is 51.2 Å². The quantitative estimate of drug-likeness (QED) is 0.276. The third-order valence-corrected chi connectivity index (χ3v) is 3.54. The van der Waals surface area contributed by atoms with Crippen molar-refractivity contribution in [2.24, 2.45) is 0 Å². The van der Waals surface area contributed by atoms with Gasteiger partial charge in [-0.2, -0.15) is 0 Å². The van der Waals surface area contributed by atoms with Crippen LogP contribution in [0.5, 0.6) is 5.88 Å². The monoisotopic (exact) mass is 350 g/mol. The zero-order valence-electron chi connectivity index (χ0n) is 14.9. The second-order valence-electron chi connectivity index (χ2n) is 5.52. The van der Waals surface area contributed by atoms with E-state index in [-0.39, 0.29) is 22.8 Å². The molecule has 1 rings (SSSR count). The average Bonchev–Trinajstić information content (AvgIpc) is 2.60. The smallest absolute Gasteiger partial charge is 0.250 e. The fraction of sp³-hybridized carbons (Fsp3) is 0.368. The summed E-state index contributed by atoms with van der Waals surface area (Å²) < 4.78 is 33.1. The number of halogens is 2. The molecule has 4 nitrogen and oxygen atoms in total. The van der Waals surface area contributed by atoms with E-state index in [9.17, 15) is 13.6 Å². The van der Waals surface area contributed by atoms with E-state index < -0.39 is 11.6 Å². The summed E-state index contributed by atoms with van der Waals surface area (Å²) in [7, 11) is 0. The Kier molecular flexibility index (Phi) is 8.53. The number of allylic oxidation sites excluding steroid dienone is 4. The molecule has 0 bridgehead atoms. The van der Waals surface area contributed by atoms with Crippen molar-refractivity contribution in [2.75, 3.05) is 11.9 Å². The second kappa shape index (κ2) is 10.4. The molecular weight excluding hydrogens is 326 g/mol. The zero-order chi connectivity index (χ0) is 18.8. The van der Waals surface area contributed by atoms with Crippen LogP contribution in [-0.4, -0.2) is 17.9 Å². The molecule has 1 N–H and O–H groups in total. The minimum atomic E-state index is -0.626. The van der Waals surface area contributed by atoms with Crippen LogP contribution in [0.25, 0.3) is 0 Å². The first-order valence-corrected chi connectivity index (χ1v) is 8.19. The molecule has 1 heterocycles. The Morgan fingerprint density at radius 2 is 2.16 bits per heavy atom. The molecule has 136 valence electrons. The molecule has 0 saturated carbocycles. The Hall–Kier alpha value is -2.50. The van der Waals surface area contributed by atoms with Crippen molar-refractivity contribution in [3.8, 4) is 5.88 Å². The summed E-state index contributed by atoms with van der Waals surface area (Å²) in [5.41, 5.74) is 0.993. The predicted octanol–water partition coefficient (Wildman–Crippen LogP) is 5.10. The van der Waals surface area contributed by atoms with Gasteiger partial charge in [0.1, 0.15) is 5.83 Å². The number of pyridine rings is 1. The third-order valence-electron chi connectivity index (χ3n) is 3.54. The first-order chi connectivity index (χ1) is 11.9. The molecule has 0 aliphatic rings. The molecule has 0 aliphatic carbocycles. The maximum Gasteiger partial charge on any atom is 0.250 e. The fourth-order valence-corrected chi connectivity index (χ4v) is 1.78. The van der Waals surface area contributed by atoms with Crippen LogP contribution in [0, 0.1) is 5.82 Å². The molecule has 0 atom stereocenters. The predicted molar refractivity (Wildman–Crippen MR) is 95.6 cm³/mol. The first-order valence-electron chi connectivity index (χ1n) is 8.19. The molecule has 0 saturated heterocycles. The minimum absolute atomic E-state index is 0.0361. The number of hydrogen-bond donors (Lipinski definition) is 1. The van der Waals surface area contributed by atoms with Crippen molar-refractivity contribution in [3.05, 3.63) is 53.4 Å². The number of hydrogen-bond acceptors (Lipinski definition) is 4. The molecule has 0 aliphatic heterocycles. The summed E-state index contributed by atoms with van der Waals surface area (Å²) in [5, 5.41) is 2.75. The summed E-state index contributed by atoms with van der Waals surface area (Å²) in [5.74, 6) is -1.20. The lowest BCUT2D eigenvalue weighted by molar-refractivity contribution is -0.104. The molecule has 25 heavy (non-hydrogen) atoms. The summed E-state index contributed by atoms with van der Waals surface area (Å²) in [6.07, 6.45) is 5.23. The second-order valence-corrected chi connectivity index (χ2v) is 5.52. The molecule has 1 aromatic rings. The molecule has 0 aromatic carbocycles. The maximum absolute atomic E-state index is 14.0. The van der Waals surface area contributed by atoms with E-state index in [2.05, 4.69) is 16.9 Å². The highest BCUT2D eigenvalue weighted by atomic mass is 19.1. The number of carbonyl (C=O) groups excluding carboxylic acids is 1. The SMILES string of the molecule is C=C(Nc1cnc(OCCCC)c(F)c1)/C(C=O)=C\C(F)=C(/C)CC. The van der Waals surface area contributed by atoms with E-state index in [4.69, 9.17) is 4.74 Å². The number of ether oxygens (including phenoxy) is 1. The van der Waals surface area contributed by atoms with Gasteiger partial charge in [0, 0.05) is 17.3 Å². The Bertz CT molecular complexity index is 682. The Labute approximate surface area is 147 Å². The van der Waals surface area contributed by atoms with Crippen LogP contribution in [0.15, 0.2) is 47.6 Å². The standard InChI is InChI=1S/C19H24F2N2O2/c1-5-7-8-25-19-18(21)10-16(11-22-19)23-14(4)15(12-24)9-17(20)13(3)6-2/h9-12,23H,4-8H2,1-3H3/b15-9-,17-13-. The first kappa shape index (κ1) is 20.5. The lowest BCUT2D eigenvalue weighted by Gasteiger charge is -2.11. The van der Waals surface area contributed by atoms with Crippen LogP contribution in [0.4, 0.5) is 14.5 Å². The van der Waals surface area contributed by atoms with Gasteiger partial charge in [0.15, 0.2) is 12.1 Å². The molecular formula is C19H24F2N2O2. The van der Waals surface area contributed by atoms with Crippen LogP contribution < -0.4 is 10.1 Å². The van der Waals surface area contributed by atoms with Gasteiger partial charge in [0.25, 0.3) is 5.88 Å². The van der Waals surface area contributed by atoms with Crippen molar-refractivity contribution in [2.45, 2.75) is 40.0 Å². The number of nitrogens with one attached hydrogen (secondary N) is 1. The molecule has 0 unspecified atom stereocenters. The van der Waals surface area contributed by atoms with Crippen LogP contribution in [0.2, 0.25) is 0 Å². The number of unbranched alkanes of at least 4 members (excludes halogenated alkanes) is 1. The summed E-state index contributed by atoms with van der Waals surface area (Å²) >= 11 is 0. The van der Waals surface area contributed by atoms with E-state index >= 15 is 0 Å². The van der Waals surface area contributed by atoms with Gasteiger partial charge in [-0.05, 0) is 31.4 Å². The highest BCUT2D eigenvalue weighted by molar-refractivity contribution is 5.82. The minimum Gasteiger partial charge on any atom is -0.476 e. The number of carbonyl (C=O) groups is 1. The van der Waals surface area contributed by atoms with Crippen molar-refractivity contribution in [3.63, 3.8) is 0 Å². The van der Waals surface area contributed by atoms with Crippen LogP contribution >= 0.6 is 0 Å². The van der Waals surface area contributed by atoms with Crippen molar-refractivity contribution in [1.82, 2.24) is 4.98 Å². The summed E-state index contributed by atoms with van der Waals surface area (Å²) in [6.45, 7) is 9.54. The van der Waals surface area contributed by atoms with Gasteiger partial charge in [-0.3, -0.25) is 4.79 Å². The average molecular weight is 350 g/mol. The van der Waals surface area contributed by atoms with Crippen molar-refractivity contribution < 1.29 is 18.3 Å². The normalized spacial score (nSPS) is 12.4. The Morgan fingerprint density at radius 3 is 2.72 bits per heavy atom. The number of nitrogens with zero attached hydrogens (tertiary/aromatic N) is 1. The summed E-state index contributed by atoms with van der Waals surface area (Å²) in [4.78, 5) is 15.1. The molecule has 0 amide bonds. The zero-order valence-corrected chi connectivity index (χ0v) is 14.9. The van der Waals surface area contributed by atoms with Crippen molar-refractivity contribution in [1.29, 1.82) is 0 Å². The van der Waals surface area contributed by atoms with Crippen molar-refractivity contribution >= 4 is 12.0 Å². The largest absolute Gasteiger partial charge is 0.476 e. The van der Waals surface area contributed by atoms with E-state index in [0.29, 0.717) is 24.9 Å². The highest BCUT2D eigenvalue weighted by Gasteiger charge is 2.09. The van der Waals surface area contributed by atoms with Gasteiger partial charge in [0.2, 0.25) is 0 Å². The number of anilines is 1. The molecule has 0 spiro atoms. The van der Waals surface area contributed by atoms with Gasteiger partial charge in [0.05, 0.1) is 18.5 Å². The Balaban J connectivity index is 2.86. The van der Waals surface area contributed by atoms with E-state index in [0.717, 1.165) is 18.9 Å². The number of rotatable bonds is 10. The lowest BCUT2D eigenvalue weighted by atomic mass is 10.1. The van der Waals surface area contributed by atoms with Crippen LogP contribution in [0.3, 0.4) is 0 Å². The van der Waals surface area contributed by atoms with E-state index in [1.54, 1.807) is 6.92 Å². The third kappa shape index (κ3) is 6.49. The molecule has 0 fully saturated rings. The summed E-state index contributed by atoms with van der Waals surface area (Å²) in [6, 6.07) is 1.19. The Morgan fingerprint density at radius 1 is 1.44 bits per heavy atom. The lowest BCUT2D eigenvalue weighted by Crippen LogP contribution is -2.05. The molecule has 6 heteroatoms. The molecule has 0 radical (unpaired) electrons. The number of aldehydes is 1. The van der Waals surface area contributed by atoms with Crippen LogP contribution in [0.1, 0.15) is 40.0 Å². The van der Waals surface area contributed by atoms with Gasteiger partial charge >= 0.3 is 0 Å². The molecule has 1 aromatic heterocycles. The highest BCUT2D eigenvalue weighted by Crippen LogP contribution is 2.21. The number of aromatic nitrogens is 1. The van der Waals surface area contributed by atoms with E-state index in [1.165, 1.54) is 12.3 Å². The van der Waals surface area contributed by atoms with Gasteiger partial charge in [-0.15, -0.1) is 0 Å².